The lowest BCUT2D eigenvalue weighted by Crippen LogP contribution is -2.09. The number of nitrogens with one attached hydrogen (secondary N) is 1. The molecular formula is C25H22FN5O2. The van der Waals surface area contributed by atoms with Crippen molar-refractivity contribution in [1.82, 2.24) is 14.4 Å². The summed E-state index contributed by atoms with van der Waals surface area (Å²) in [4.78, 5) is 9.03. The second-order valence-electron chi connectivity index (χ2n) is 7.75. The van der Waals surface area contributed by atoms with Gasteiger partial charge >= 0.3 is 0 Å². The average molecular weight is 443 g/mol. The molecule has 0 saturated heterocycles. The van der Waals surface area contributed by atoms with Crippen LogP contribution >= 0.6 is 0 Å². The van der Waals surface area contributed by atoms with Gasteiger partial charge < -0.3 is 14.8 Å². The lowest BCUT2D eigenvalue weighted by molar-refractivity contribution is 0.317. The van der Waals surface area contributed by atoms with Crippen LogP contribution in [-0.2, 0) is 13.0 Å². The van der Waals surface area contributed by atoms with Crippen molar-refractivity contribution in [3.63, 3.8) is 0 Å². The number of halogens is 1. The van der Waals surface area contributed by atoms with E-state index in [0.717, 1.165) is 34.6 Å². The number of nitriles is 1. The molecule has 7 nitrogen and oxygen atoms in total. The van der Waals surface area contributed by atoms with Crippen molar-refractivity contribution in [2.45, 2.75) is 26.3 Å². The van der Waals surface area contributed by atoms with E-state index in [9.17, 15) is 9.65 Å². The third-order valence-corrected chi connectivity index (χ3v) is 5.61. The summed E-state index contributed by atoms with van der Waals surface area (Å²) in [5.74, 6) is 1.71. The van der Waals surface area contributed by atoms with E-state index >= 15 is 0 Å². The third kappa shape index (κ3) is 3.94. The Kier molecular flexibility index (Phi) is 5.53. The maximum Gasteiger partial charge on any atom is 0.208 e. The number of benzene rings is 2. The van der Waals surface area contributed by atoms with Crippen molar-refractivity contribution < 1.29 is 13.9 Å². The van der Waals surface area contributed by atoms with Gasteiger partial charge in [-0.3, -0.25) is 4.40 Å². The molecule has 33 heavy (non-hydrogen) atoms. The molecule has 2 aromatic heterocycles. The molecule has 0 amide bonds. The number of fused-ring (bicyclic) bond motifs is 2. The van der Waals surface area contributed by atoms with Crippen LogP contribution in [0.2, 0.25) is 0 Å². The van der Waals surface area contributed by atoms with Crippen LogP contribution in [0.5, 0.6) is 11.5 Å². The van der Waals surface area contributed by atoms with Crippen LogP contribution in [0, 0.1) is 17.1 Å². The Morgan fingerprint density at radius 3 is 2.88 bits per heavy atom. The van der Waals surface area contributed by atoms with E-state index in [1.165, 1.54) is 6.07 Å². The first-order valence-electron chi connectivity index (χ1n) is 10.9. The molecule has 0 fully saturated rings. The highest BCUT2D eigenvalue weighted by Gasteiger charge is 2.20. The molecule has 3 heterocycles. The summed E-state index contributed by atoms with van der Waals surface area (Å²) in [7, 11) is 0. The maximum absolute atomic E-state index is 14.5. The minimum Gasteiger partial charge on any atom is -0.494 e. The molecule has 1 aliphatic heterocycles. The highest BCUT2D eigenvalue weighted by molar-refractivity contribution is 5.78. The van der Waals surface area contributed by atoms with Gasteiger partial charge in [-0.1, -0.05) is 19.1 Å². The molecule has 0 spiro atoms. The zero-order chi connectivity index (χ0) is 22.8. The largest absolute Gasteiger partial charge is 0.494 e. The van der Waals surface area contributed by atoms with E-state index in [1.54, 1.807) is 22.9 Å². The fraction of sp³-hybridized carbons (Fsp3) is 0.240. The average Bonchev–Trinajstić information content (AvgIpc) is 3.50. The van der Waals surface area contributed by atoms with Crippen molar-refractivity contribution in [1.29, 1.82) is 5.26 Å². The third-order valence-electron chi connectivity index (χ3n) is 5.61. The standard InChI is InChI=1S/C25H22FN5O2/c1-2-10-32-18-5-3-16(4-6-18)20-13-28-25(31-15-17(12-27)30-24(20)31)29-14-21-19-9-11-33-23(19)8-7-22(21)26/h3-8,13,15H,2,9-11,14H2,1H3,(H,28,29). The van der Waals surface area contributed by atoms with E-state index in [-0.39, 0.29) is 18.1 Å². The second kappa shape index (κ2) is 8.79. The first-order chi connectivity index (χ1) is 16.2. The zero-order valence-corrected chi connectivity index (χ0v) is 18.1. The van der Waals surface area contributed by atoms with Crippen molar-refractivity contribution in [2.24, 2.45) is 0 Å². The van der Waals surface area contributed by atoms with E-state index in [2.05, 4.69) is 28.3 Å². The molecule has 4 aromatic rings. The van der Waals surface area contributed by atoms with Gasteiger partial charge in [0.2, 0.25) is 5.95 Å². The van der Waals surface area contributed by atoms with Gasteiger partial charge in [-0.15, -0.1) is 0 Å². The van der Waals surface area contributed by atoms with Gasteiger partial charge in [0, 0.05) is 35.9 Å². The summed E-state index contributed by atoms with van der Waals surface area (Å²) in [5.41, 5.74) is 3.99. The lowest BCUT2D eigenvalue weighted by Gasteiger charge is -2.13. The molecule has 1 N–H and O–H groups in total. The molecular weight excluding hydrogens is 421 g/mol. The fourth-order valence-electron chi connectivity index (χ4n) is 3.99. The predicted molar refractivity (Wildman–Crippen MR) is 122 cm³/mol. The van der Waals surface area contributed by atoms with Gasteiger partial charge in [0.15, 0.2) is 11.3 Å². The SMILES string of the molecule is CCCOc1ccc(-c2cnc(NCc3c(F)ccc4c3CCO4)n3cc(C#N)nc23)cc1. The van der Waals surface area contributed by atoms with Gasteiger partial charge in [0.25, 0.3) is 0 Å². The molecule has 1 aliphatic rings. The Morgan fingerprint density at radius 2 is 2.09 bits per heavy atom. The predicted octanol–water partition coefficient (Wildman–Crippen LogP) is 4.74. The van der Waals surface area contributed by atoms with Crippen LogP contribution in [-0.4, -0.2) is 27.6 Å². The molecule has 8 heteroatoms. The number of aromatic nitrogens is 3. The highest BCUT2D eigenvalue weighted by atomic mass is 19.1. The Balaban J connectivity index is 1.48. The summed E-state index contributed by atoms with van der Waals surface area (Å²) in [6.07, 6.45) is 4.95. The first-order valence-corrected chi connectivity index (χ1v) is 10.9. The van der Waals surface area contributed by atoms with Gasteiger partial charge in [-0.05, 0) is 36.2 Å². The Bertz CT molecular complexity index is 1360. The smallest absolute Gasteiger partial charge is 0.208 e. The van der Waals surface area contributed by atoms with Crippen LogP contribution in [0.4, 0.5) is 10.3 Å². The van der Waals surface area contributed by atoms with E-state index in [0.29, 0.717) is 36.8 Å². The number of hydrogen-bond donors (Lipinski definition) is 1. The summed E-state index contributed by atoms with van der Waals surface area (Å²) in [5, 5.41) is 12.6. The van der Waals surface area contributed by atoms with Gasteiger partial charge in [-0.25, -0.2) is 14.4 Å². The normalized spacial score (nSPS) is 12.3. The number of imidazole rings is 1. The molecule has 0 radical (unpaired) electrons. The molecule has 0 aliphatic carbocycles. The van der Waals surface area contributed by atoms with Gasteiger partial charge in [0.05, 0.1) is 19.4 Å². The topological polar surface area (TPSA) is 84.5 Å². The first kappa shape index (κ1) is 20.8. The highest BCUT2D eigenvalue weighted by Crippen LogP contribution is 2.31. The van der Waals surface area contributed by atoms with Crippen LogP contribution < -0.4 is 14.8 Å². The Labute approximate surface area is 190 Å². The van der Waals surface area contributed by atoms with Crippen molar-refractivity contribution in [3.05, 3.63) is 71.4 Å². The number of nitrogens with zero attached hydrogens (tertiary/aromatic N) is 4. The van der Waals surface area contributed by atoms with Crippen LogP contribution in [0.25, 0.3) is 16.8 Å². The van der Waals surface area contributed by atoms with E-state index < -0.39 is 0 Å². The fourth-order valence-corrected chi connectivity index (χ4v) is 3.99. The molecule has 166 valence electrons. The summed E-state index contributed by atoms with van der Waals surface area (Å²) < 4.78 is 27.5. The van der Waals surface area contributed by atoms with Gasteiger partial charge in [0.1, 0.15) is 23.4 Å². The van der Waals surface area contributed by atoms with Crippen LogP contribution in [0.15, 0.2) is 48.8 Å². The summed E-state index contributed by atoms with van der Waals surface area (Å²) in [6.45, 7) is 3.51. The lowest BCUT2D eigenvalue weighted by atomic mass is 10.0. The van der Waals surface area contributed by atoms with E-state index in [1.807, 2.05) is 24.3 Å². The monoisotopic (exact) mass is 443 g/mol. The number of anilines is 1. The Hall–Kier alpha value is -4.12. The Morgan fingerprint density at radius 1 is 1.24 bits per heavy atom. The molecule has 0 atom stereocenters. The molecule has 2 aromatic carbocycles. The number of ether oxygens (including phenoxy) is 2. The van der Waals surface area contributed by atoms with Crippen molar-refractivity contribution >= 4 is 11.6 Å². The number of hydrogen-bond acceptors (Lipinski definition) is 6. The van der Waals surface area contributed by atoms with Gasteiger partial charge in [-0.2, -0.15) is 5.26 Å². The summed E-state index contributed by atoms with van der Waals surface area (Å²) >= 11 is 0. The van der Waals surface area contributed by atoms with E-state index in [4.69, 9.17) is 9.47 Å². The van der Waals surface area contributed by atoms with Crippen LogP contribution in [0.3, 0.4) is 0 Å². The summed E-state index contributed by atoms with van der Waals surface area (Å²) in [6, 6.07) is 12.9. The molecule has 5 rings (SSSR count). The second-order valence-corrected chi connectivity index (χ2v) is 7.75. The van der Waals surface area contributed by atoms with Crippen molar-refractivity contribution in [3.8, 4) is 28.7 Å². The van der Waals surface area contributed by atoms with Crippen molar-refractivity contribution in [2.75, 3.05) is 18.5 Å². The molecule has 0 unspecified atom stereocenters. The number of rotatable bonds is 7. The minimum absolute atomic E-state index is 0.239. The quantitative estimate of drug-likeness (QED) is 0.444. The minimum atomic E-state index is -0.284. The zero-order valence-electron chi connectivity index (χ0n) is 18.1. The maximum atomic E-state index is 14.5. The molecule has 0 bridgehead atoms. The van der Waals surface area contributed by atoms with Crippen LogP contribution in [0.1, 0.15) is 30.2 Å². The molecule has 0 saturated carbocycles.